The summed E-state index contributed by atoms with van der Waals surface area (Å²) in [5.41, 5.74) is 0. The number of hydrogen-bond acceptors (Lipinski definition) is 2. The van der Waals surface area contributed by atoms with Crippen molar-refractivity contribution in [1.82, 2.24) is 4.90 Å². The van der Waals surface area contributed by atoms with Gasteiger partial charge in [-0.1, -0.05) is 6.92 Å². The first kappa shape index (κ1) is 10.4. The highest BCUT2D eigenvalue weighted by atomic mass is 16.6. The quantitative estimate of drug-likeness (QED) is 0.673. The maximum Gasteiger partial charge on any atom is 0.410 e. The van der Waals surface area contributed by atoms with E-state index in [1.165, 1.54) is 0 Å². The van der Waals surface area contributed by atoms with Crippen LogP contribution in [0.15, 0.2) is 0 Å². The molecule has 0 aliphatic heterocycles. The van der Waals surface area contributed by atoms with Crippen molar-refractivity contribution in [2.75, 3.05) is 6.54 Å². The van der Waals surface area contributed by atoms with E-state index in [1.54, 1.807) is 0 Å². The van der Waals surface area contributed by atoms with Gasteiger partial charge < -0.3 is 9.64 Å². The number of carbonyl (C=O) groups excluding carboxylic acids is 1. The van der Waals surface area contributed by atoms with Gasteiger partial charge in [-0.05, 0) is 33.1 Å². The molecule has 13 heavy (non-hydrogen) atoms. The fourth-order valence-electron chi connectivity index (χ4n) is 1.32. The number of carbonyl (C=O) groups is 1. The third-order valence-electron chi connectivity index (χ3n) is 2.02. The average Bonchev–Trinajstić information content (AvgIpc) is 2.81. The van der Waals surface area contributed by atoms with Gasteiger partial charge in [-0.15, -0.1) is 0 Å². The second-order valence-corrected chi connectivity index (χ2v) is 3.86. The van der Waals surface area contributed by atoms with Crippen molar-refractivity contribution in [2.24, 2.45) is 0 Å². The van der Waals surface area contributed by atoms with Gasteiger partial charge in [-0.2, -0.15) is 0 Å². The van der Waals surface area contributed by atoms with Crippen LogP contribution in [0.4, 0.5) is 4.79 Å². The Morgan fingerprint density at radius 1 is 1.54 bits per heavy atom. The Morgan fingerprint density at radius 3 is 2.54 bits per heavy atom. The minimum Gasteiger partial charge on any atom is -0.447 e. The summed E-state index contributed by atoms with van der Waals surface area (Å²) in [6.45, 7) is 6.68. The monoisotopic (exact) mass is 185 g/mol. The van der Waals surface area contributed by atoms with Crippen LogP contribution >= 0.6 is 0 Å². The van der Waals surface area contributed by atoms with Crippen LogP contribution in [-0.2, 0) is 4.74 Å². The summed E-state index contributed by atoms with van der Waals surface area (Å²) >= 11 is 0. The van der Waals surface area contributed by atoms with E-state index in [1.807, 2.05) is 18.7 Å². The second kappa shape index (κ2) is 4.49. The van der Waals surface area contributed by atoms with Gasteiger partial charge in [0.1, 0.15) is 0 Å². The van der Waals surface area contributed by atoms with Gasteiger partial charge in [0.15, 0.2) is 0 Å². The molecule has 1 rings (SSSR count). The molecule has 3 heteroatoms. The highest BCUT2D eigenvalue weighted by Gasteiger charge is 2.33. The molecule has 0 saturated heterocycles. The summed E-state index contributed by atoms with van der Waals surface area (Å²) < 4.78 is 5.15. The molecule has 0 spiro atoms. The molecule has 0 radical (unpaired) electrons. The van der Waals surface area contributed by atoms with Crippen molar-refractivity contribution < 1.29 is 9.53 Å². The predicted molar refractivity (Wildman–Crippen MR) is 51.6 cm³/mol. The lowest BCUT2D eigenvalue weighted by Crippen LogP contribution is -2.35. The normalized spacial score (nSPS) is 16.0. The number of amides is 1. The molecule has 3 nitrogen and oxygen atoms in total. The molecular formula is C10H19NO2. The average molecular weight is 185 g/mol. The molecule has 0 aromatic carbocycles. The van der Waals surface area contributed by atoms with Gasteiger partial charge in [0.25, 0.3) is 0 Å². The minimum atomic E-state index is -0.139. The lowest BCUT2D eigenvalue weighted by atomic mass is 10.4. The minimum absolute atomic E-state index is 0.00870. The summed E-state index contributed by atoms with van der Waals surface area (Å²) in [7, 11) is 0. The molecule has 1 amide bonds. The first-order valence-electron chi connectivity index (χ1n) is 5.12. The van der Waals surface area contributed by atoms with Crippen molar-refractivity contribution >= 4 is 6.09 Å². The van der Waals surface area contributed by atoms with Crippen LogP contribution in [0.5, 0.6) is 0 Å². The lowest BCUT2D eigenvalue weighted by Gasteiger charge is -2.22. The Morgan fingerprint density at radius 2 is 2.15 bits per heavy atom. The Balaban J connectivity index is 2.38. The molecule has 0 aromatic rings. The standard InChI is InChI=1S/C10H19NO2/c1-4-7-11(9-5-6-9)10(12)13-8(2)3/h8-9H,4-7H2,1-3H3. The molecule has 0 heterocycles. The molecule has 1 fully saturated rings. The van der Waals surface area contributed by atoms with E-state index in [0.717, 1.165) is 25.8 Å². The van der Waals surface area contributed by atoms with Crippen LogP contribution in [-0.4, -0.2) is 29.7 Å². The van der Waals surface area contributed by atoms with Crippen molar-refractivity contribution in [3.63, 3.8) is 0 Å². The van der Waals surface area contributed by atoms with Crippen LogP contribution < -0.4 is 0 Å². The van der Waals surface area contributed by atoms with E-state index < -0.39 is 0 Å². The molecule has 1 saturated carbocycles. The Labute approximate surface area is 80.1 Å². The fraction of sp³-hybridized carbons (Fsp3) is 0.900. The van der Waals surface area contributed by atoms with E-state index in [0.29, 0.717) is 6.04 Å². The van der Waals surface area contributed by atoms with Crippen molar-refractivity contribution in [3.05, 3.63) is 0 Å². The van der Waals surface area contributed by atoms with Crippen LogP contribution in [0.25, 0.3) is 0 Å². The summed E-state index contributed by atoms with van der Waals surface area (Å²) in [6, 6.07) is 0.464. The molecule has 1 aliphatic carbocycles. The summed E-state index contributed by atoms with van der Waals surface area (Å²) in [4.78, 5) is 13.4. The number of rotatable bonds is 4. The molecular weight excluding hydrogens is 166 g/mol. The van der Waals surface area contributed by atoms with Crippen molar-refractivity contribution in [2.45, 2.75) is 52.2 Å². The summed E-state index contributed by atoms with van der Waals surface area (Å²) in [5, 5.41) is 0. The molecule has 0 bridgehead atoms. The smallest absolute Gasteiger partial charge is 0.410 e. The van der Waals surface area contributed by atoms with E-state index >= 15 is 0 Å². The van der Waals surface area contributed by atoms with E-state index in [2.05, 4.69) is 6.92 Å². The molecule has 0 N–H and O–H groups in total. The zero-order valence-corrected chi connectivity index (χ0v) is 8.75. The topological polar surface area (TPSA) is 29.5 Å². The zero-order chi connectivity index (χ0) is 9.84. The van der Waals surface area contributed by atoms with Crippen LogP contribution in [0, 0.1) is 0 Å². The highest BCUT2D eigenvalue weighted by molar-refractivity contribution is 5.68. The molecule has 1 aliphatic rings. The van der Waals surface area contributed by atoms with Crippen LogP contribution in [0.3, 0.4) is 0 Å². The van der Waals surface area contributed by atoms with Crippen LogP contribution in [0.1, 0.15) is 40.0 Å². The van der Waals surface area contributed by atoms with Gasteiger partial charge in [0.2, 0.25) is 0 Å². The third kappa shape index (κ3) is 3.25. The predicted octanol–water partition coefficient (Wildman–Crippen LogP) is 2.41. The molecule has 76 valence electrons. The largest absolute Gasteiger partial charge is 0.447 e. The molecule has 0 atom stereocenters. The van der Waals surface area contributed by atoms with Gasteiger partial charge >= 0.3 is 6.09 Å². The first-order chi connectivity index (χ1) is 6.15. The van der Waals surface area contributed by atoms with Gasteiger partial charge in [0, 0.05) is 12.6 Å². The zero-order valence-electron chi connectivity index (χ0n) is 8.75. The van der Waals surface area contributed by atoms with Gasteiger partial charge in [-0.3, -0.25) is 0 Å². The third-order valence-corrected chi connectivity index (χ3v) is 2.02. The Hall–Kier alpha value is -0.730. The molecule has 0 aromatic heterocycles. The van der Waals surface area contributed by atoms with Gasteiger partial charge in [0.05, 0.1) is 6.10 Å². The first-order valence-corrected chi connectivity index (χ1v) is 5.12. The maximum absolute atomic E-state index is 11.5. The summed E-state index contributed by atoms with van der Waals surface area (Å²) in [6.07, 6.45) is 3.15. The number of hydrogen-bond donors (Lipinski definition) is 0. The number of ether oxygens (including phenoxy) is 1. The van der Waals surface area contributed by atoms with Crippen LogP contribution in [0.2, 0.25) is 0 Å². The fourth-order valence-corrected chi connectivity index (χ4v) is 1.32. The van der Waals surface area contributed by atoms with E-state index in [-0.39, 0.29) is 12.2 Å². The number of nitrogens with zero attached hydrogens (tertiary/aromatic N) is 1. The Bertz CT molecular complexity index is 176. The van der Waals surface area contributed by atoms with E-state index in [9.17, 15) is 4.79 Å². The Kier molecular flexibility index (Phi) is 3.58. The molecule has 0 unspecified atom stereocenters. The second-order valence-electron chi connectivity index (χ2n) is 3.86. The SMILES string of the molecule is CCCN(C(=O)OC(C)C)C1CC1. The van der Waals surface area contributed by atoms with Crippen molar-refractivity contribution in [1.29, 1.82) is 0 Å². The van der Waals surface area contributed by atoms with Crippen molar-refractivity contribution in [3.8, 4) is 0 Å². The maximum atomic E-state index is 11.5. The lowest BCUT2D eigenvalue weighted by molar-refractivity contribution is 0.0745. The summed E-state index contributed by atoms with van der Waals surface area (Å²) in [5.74, 6) is 0. The van der Waals surface area contributed by atoms with E-state index in [4.69, 9.17) is 4.74 Å². The highest BCUT2D eigenvalue weighted by Crippen LogP contribution is 2.27. The van der Waals surface area contributed by atoms with Gasteiger partial charge in [-0.25, -0.2) is 4.79 Å².